The minimum absolute atomic E-state index is 0.0281. The zero-order valence-electron chi connectivity index (χ0n) is 11.4. The topological polar surface area (TPSA) is 61.4 Å². The van der Waals surface area contributed by atoms with Gasteiger partial charge in [-0.1, -0.05) is 19.3 Å². The van der Waals surface area contributed by atoms with Gasteiger partial charge in [0.05, 0.1) is 0 Å². The number of hydrogen-bond acceptors (Lipinski definition) is 2. The van der Waals surface area contributed by atoms with Crippen molar-refractivity contribution in [2.75, 3.05) is 20.1 Å². The molecule has 1 rings (SSSR count). The fourth-order valence-electron chi connectivity index (χ4n) is 2.07. The first-order chi connectivity index (χ1) is 9.30. The molecule has 1 aliphatic rings. The summed E-state index contributed by atoms with van der Waals surface area (Å²) in [6.45, 7) is -0.201. The number of nitrogens with one attached hydrogen (secondary N) is 2. The Morgan fingerprint density at radius 2 is 1.80 bits per heavy atom. The molecule has 0 bridgehead atoms. The first kappa shape index (κ1) is 16.6. The van der Waals surface area contributed by atoms with E-state index in [9.17, 15) is 22.8 Å². The van der Waals surface area contributed by atoms with Gasteiger partial charge in [-0.3, -0.25) is 4.79 Å². The molecule has 3 amide bonds. The average molecular weight is 295 g/mol. The number of rotatable bonds is 4. The molecule has 0 unspecified atom stereocenters. The highest BCUT2D eigenvalue weighted by molar-refractivity contribution is 5.81. The highest BCUT2D eigenvalue weighted by Gasteiger charge is 2.38. The van der Waals surface area contributed by atoms with Crippen LogP contribution in [0.4, 0.5) is 18.0 Å². The van der Waals surface area contributed by atoms with Crippen molar-refractivity contribution in [2.24, 2.45) is 0 Å². The van der Waals surface area contributed by atoms with E-state index in [1.165, 1.54) is 18.4 Å². The van der Waals surface area contributed by atoms with Crippen LogP contribution in [0.25, 0.3) is 0 Å². The molecule has 0 aromatic rings. The van der Waals surface area contributed by atoms with Crippen LogP contribution in [0, 0.1) is 0 Å². The Balaban J connectivity index is 2.22. The standard InChI is InChI=1S/C12H20F3N3O2/c1-18(8-7-16-10(19)12(13,14)15)11(20)17-9-5-3-2-4-6-9/h9H,2-8H2,1H3,(H,16,19)(H,17,20). The van der Waals surface area contributed by atoms with Crippen molar-refractivity contribution in [3.63, 3.8) is 0 Å². The van der Waals surface area contributed by atoms with Gasteiger partial charge in [-0.15, -0.1) is 0 Å². The molecule has 116 valence electrons. The minimum Gasteiger partial charge on any atom is -0.346 e. The molecule has 1 fully saturated rings. The second-order valence-electron chi connectivity index (χ2n) is 4.96. The maximum atomic E-state index is 11.9. The molecule has 1 saturated carbocycles. The molecule has 1 aliphatic carbocycles. The van der Waals surface area contributed by atoms with E-state index in [-0.39, 0.29) is 25.2 Å². The molecule has 0 heterocycles. The van der Waals surface area contributed by atoms with Crippen LogP contribution in [0.3, 0.4) is 0 Å². The summed E-state index contributed by atoms with van der Waals surface area (Å²) in [5.41, 5.74) is 0. The molecule has 2 N–H and O–H groups in total. The van der Waals surface area contributed by atoms with Crippen molar-refractivity contribution in [3.05, 3.63) is 0 Å². The van der Waals surface area contributed by atoms with Crippen LogP contribution < -0.4 is 10.6 Å². The molecular weight excluding hydrogens is 275 g/mol. The normalized spacial score (nSPS) is 16.6. The number of alkyl halides is 3. The van der Waals surface area contributed by atoms with Crippen molar-refractivity contribution in [2.45, 2.75) is 44.3 Å². The zero-order valence-corrected chi connectivity index (χ0v) is 11.4. The van der Waals surface area contributed by atoms with E-state index in [0.717, 1.165) is 25.7 Å². The maximum absolute atomic E-state index is 11.9. The van der Waals surface area contributed by atoms with Crippen LogP contribution in [0.5, 0.6) is 0 Å². The number of likely N-dealkylation sites (N-methyl/N-ethyl adjacent to an activating group) is 1. The van der Waals surface area contributed by atoms with Gasteiger partial charge in [0.1, 0.15) is 0 Å². The van der Waals surface area contributed by atoms with Crippen molar-refractivity contribution < 1.29 is 22.8 Å². The molecule has 0 aliphatic heterocycles. The van der Waals surface area contributed by atoms with Gasteiger partial charge in [0.2, 0.25) is 0 Å². The lowest BCUT2D eigenvalue weighted by molar-refractivity contribution is -0.173. The van der Waals surface area contributed by atoms with Gasteiger partial charge in [0.25, 0.3) is 0 Å². The van der Waals surface area contributed by atoms with Crippen molar-refractivity contribution in [1.29, 1.82) is 0 Å². The van der Waals surface area contributed by atoms with E-state index in [1.54, 1.807) is 5.32 Å². The predicted molar refractivity (Wildman–Crippen MR) is 67.1 cm³/mol. The quantitative estimate of drug-likeness (QED) is 0.828. The van der Waals surface area contributed by atoms with Gasteiger partial charge in [-0.25, -0.2) is 4.79 Å². The van der Waals surface area contributed by atoms with Crippen LogP contribution in [-0.2, 0) is 4.79 Å². The summed E-state index contributed by atoms with van der Waals surface area (Å²) < 4.78 is 35.8. The Hall–Kier alpha value is -1.47. The highest BCUT2D eigenvalue weighted by Crippen LogP contribution is 2.17. The predicted octanol–water partition coefficient (Wildman–Crippen LogP) is 1.64. The van der Waals surface area contributed by atoms with Crippen LogP contribution in [0.15, 0.2) is 0 Å². The fourth-order valence-corrected chi connectivity index (χ4v) is 2.07. The number of hydrogen-bond donors (Lipinski definition) is 2. The molecule has 5 nitrogen and oxygen atoms in total. The molecule has 0 radical (unpaired) electrons. The SMILES string of the molecule is CN(CCNC(=O)C(F)(F)F)C(=O)NC1CCCCC1. The number of halogens is 3. The Labute approximate surface area is 115 Å². The largest absolute Gasteiger partial charge is 0.471 e. The summed E-state index contributed by atoms with van der Waals surface area (Å²) in [6.07, 6.45) is 0.315. The molecule has 20 heavy (non-hydrogen) atoms. The summed E-state index contributed by atoms with van der Waals surface area (Å²) in [6, 6.07) is -0.179. The lowest BCUT2D eigenvalue weighted by Crippen LogP contribution is -2.47. The number of nitrogens with zero attached hydrogens (tertiary/aromatic N) is 1. The molecular formula is C12H20F3N3O2. The lowest BCUT2D eigenvalue weighted by Gasteiger charge is -2.26. The highest BCUT2D eigenvalue weighted by atomic mass is 19.4. The fraction of sp³-hybridized carbons (Fsp3) is 0.833. The lowest BCUT2D eigenvalue weighted by atomic mass is 9.96. The van der Waals surface area contributed by atoms with Crippen molar-refractivity contribution in [1.82, 2.24) is 15.5 Å². The Bertz CT molecular complexity index is 341. The van der Waals surface area contributed by atoms with E-state index in [1.807, 2.05) is 0 Å². The number of urea groups is 1. The molecule has 0 spiro atoms. The van der Waals surface area contributed by atoms with Crippen LogP contribution in [0.1, 0.15) is 32.1 Å². The third-order valence-electron chi connectivity index (χ3n) is 3.27. The van der Waals surface area contributed by atoms with E-state index in [0.29, 0.717) is 0 Å². The van der Waals surface area contributed by atoms with Gasteiger partial charge < -0.3 is 15.5 Å². The van der Waals surface area contributed by atoms with Crippen molar-refractivity contribution in [3.8, 4) is 0 Å². The van der Waals surface area contributed by atoms with Crippen LogP contribution >= 0.6 is 0 Å². The van der Waals surface area contributed by atoms with Gasteiger partial charge in [0, 0.05) is 26.2 Å². The smallest absolute Gasteiger partial charge is 0.346 e. The molecule has 0 aromatic heterocycles. The van der Waals surface area contributed by atoms with E-state index in [2.05, 4.69) is 5.32 Å². The van der Waals surface area contributed by atoms with Crippen LogP contribution in [-0.4, -0.2) is 49.2 Å². The molecule has 8 heteroatoms. The van der Waals surface area contributed by atoms with E-state index in [4.69, 9.17) is 0 Å². The second-order valence-corrected chi connectivity index (χ2v) is 4.96. The summed E-state index contributed by atoms with van der Waals surface area (Å²) in [7, 11) is 1.48. The van der Waals surface area contributed by atoms with Gasteiger partial charge in [-0.05, 0) is 12.8 Å². The van der Waals surface area contributed by atoms with Crippen LogP contribution in [0.2, 0.25) is 0 Å². The maximum Gasteiger partial charge on any atom is 0.471 e. The molecule has 0 atom stereocenters. The average Bonchev–Trinajstić information content (AvgIpc) is 2.38. The second kappa shape index (κ2) is 7.35. The number of carbonyl (C=O) groups excluding carboxylic acids is 2. The molecule has 0 aromatic carbocycles. The molecule has 0 saturated heterocycles. The van der Waals surface area contributed by atoms with Gasteiger partial charge >= 0.3 is 18.1 Å². The zero-order chi connectivity index (χ0) is 15.2. The van der Waals surface area contributed by atoms with E-state index < -0.39 is 12.1 Å². The summed E-state index contributed by atoms with van der Waals surface area (Å²) in [5, 5.41) is 4.57. The third-order valence-corrected chi connectivity index (χ3v) is 3.27. The minimum atomic E-state index is -4.89. The number of amides is 3. The van der Waals surface area contributed by atoms with Gasteiger partial charge in [-0.2, -0.15) is 13.2 Å². The number of carbonyl (C=O) groups is 2. The summed E-state index contributed by atoms with van der Waals surface area (Å²) in [5.74, 6) is -1.99. The first-order valence-corrected chi connectivity index (χ1v) is 6.67. The monoisotopic (exact) mass is 295 g/mol. The van der Waals surface area contributed by atoms with Gasteiger partial charge in [0.15, 0.2) is 0 Å². The Morgan fingerprint density at radius 3 is 2.35 bits per heavy atom. The van der Waals surface area contributed by atoms with Crippen molar-refractivity contribution >= 4 is 11.9 Å². The summed E-state index contributed by atoms with van der Waals surface area (Å²) >= 11 is 0. The Kier molecular flexibility index (Phi) is 6.09. The first-order valence-electron chi connectivity index (χ1n) is 6.67. The Morgan fingerprint density at radius 1 is 1.20 bits per heavy atom. The van der Waals surface area contributed by atoms with E-state index >= 15 is 0 Å². The summed E-state index contributed by atoms with van der Waals surface area (Å²) in [4.78, 5) is 23.6. The third kappa shape index (κ3) is 5.66.